The van der Waals surface area contributed by atoms with Crippen LogP contribution in [0.1, 0.15) is 17.4 Å². The predicted molar refractivity (Wildman–Crippen MR) is 59.4 cm³/mol. The van der Waals surface area contributed by atoms with Gasteiger partial charge in [0.05, 0.1) is 6.54 Å². The molecule has 7 nitrogen and oxygen atoms in total. The van der Waals surface area contributed by atoms with Crippen LogP contribution < -0.4 is 11.1 Å². The van der Waals surface area contributed by atoms with Crippen LogP contribution in [0, 0.1) is 0 Å². The molecule has 88 valence electrons. The van der Waals surface area contributed by atoms with Crippen LogP contribution in [0.5, 0.6) is 0 Å². The molecule has 2 rings (SSSR count). The Morgan fingerprint density at radius 2 is 2.18 bits per heavy atom. The SMILES string of the molecule is N[C@H](C(=O)NCc1nn[nH]n1)c1ccccc1. The second kappa shape index (κ2) is 5.17. The molecule has 1 heterocycles. The lowest BCUT2D eigenvalue weighted by Crippen LogP contribution is -2.33. The maximum atomic E-state index is 11.7. The number of aromatic amines is 1. The molecule has 1 aromatic heterocycles. The van der Waals surface area contributed by atoms with Gasteiger partial charge in [-0.15, -0.1) is 10.2 Å². The fourth-order valence-corrected chi connectivity index (χ4v) is 1.35. The maximum absolute atomic E-state index is 11.7. The summed E-state index contributed by atoms with van der Waals surface area (Å²) < 4.78 is 0. The quantitative estimate of drug-likeness (QED) is 0.659. The third-order valence-electron chi connectivity index (χ3n) is 2.25. The first-order chi connectivity index (χ1) is 8.27. The zero-order valence-corrected chi connectivity index (χ0v) is 9.00. The highest BCUT2D eigenvalue weighted by atomic mass is 16.2. The van der Waals surface area contributed by atoms with Crippen molar-refractivity contribution in [1.82, 2.24) is 25.9 Å². The van der Waals surface area contributed by atoms with Gasteiger partial charge in [-0.25, -0.2) is 0 Å². The highest BCUT2D eigenvalue weighted by molar-refractivity contribution is 5.82. The lowest BCUT2D eigenvalue weighted by atomic mass is 10.1. The zero-order chi connectivity index (χ0) is 12.1. The van der Waals surface area contributed by atoms with Gasteiger partial charge in [-0.05, 0) is 5.56 Å². The Morgan fingerprint density at radius 1 is 1.41 bits per heavy atom. The molecule has 1 amide bonds. The average molecular weight is 232 g/mol. The number of nitrogens with two attached hydrogens (primary N) is 1. The number of hydrogen-bond donors (Lipinski definition) is 3. The van der Waals surface area contributed by atoms with Gasteiger partial charge in [-0.2, -0.15) is 5.21 Å². The molecule has 0 aliphatic rings. The average Bonchev–Trinajstić information content (AvgIpc) is 2.89. The normalized spacial score (nSPS) is 12.1. The van der Waals surface area contributed by atoms with Crippen molar-refractivity contribution in [3.8, 4) is 0 Å². The Bertz CT molecular complexity index is 469. The summed E-state index contributed by atoms with van der Waals surface area (Å²) in [4.78, 5) is 11.7. The van der Waals surface area contributed by atoms with Crippen molar-refractivity contribution in [2.24, 2.45) is 5.73 Å². The van der Waals surface area contributed by atoms with Gasteiger partial charge < -0.3 is 11.1 Å². The van der Waals surface area contributed by atoms with Crippen molar-refractivity contribution >= 4 is 5.91 Å². The van der Waals surface area contributed by atoms with E-state index >= 15 is 0 Å². The molecular weight excluding hydrogens is 220 g/mol. The van der Waals surface area contributed by atoms with Crippen LogP contribution in [-0.4, -0.2) is 26.5 Å². The monoisotopic (exact) mass is 232 g/mol. The number of hydrogen-bond acceptors (Lipinski definition) is 5. The molecule has 2 aromatic rings. The van der Waals surface area contributed by atoms with E-state index in [-0.39, 0.29) is 12.5 Å². The van der Waals surface area contributed by atoms with E-state index in [1.54, 1.807) is 12.1 Å². The van der Waals surface area contributed by atoms with Gasteiger partial charge in [0, 0.05) is 0 Å². The fraction of sp³-hybridized carbons (Fsp3) is 0.200. The Morgan fingerprint density at radius 3 is 2.82 bits per heavy atom. The molecule has 0 spiro atoms. The van der Waals surface area contributed by atoms with Crippen molar-refractivity contribution < 1.29 is 4.79 Å². The van der Waals surface area contributed by atoms with Crippen molar-refractivity contribution in [2.75, 3.05) is 0 Å². The molecule has 1 aromatic carbocycles. The highest BCUT2D eigenvalue weighted by Crippen LogP contribution is 2.09. The Kier molecular flexibility index (Phi) is 3.41. The van der Waals surface area contributed by atoms with E-state index in [0.717, 1.165) is 5.56 Å². The third-order valence-corrected chi connectivity index (χ3v) is 2.25. The van der Waals surface area contributed by atoms with Crippen LogP contribution in [0.3, 0.4) is 0 Å². The zero-order valence-electron chi connectivity index (χ0n) is 9.00. The van der Waals surface area contributed by atoms with Gasteiger partial charge in [-0.1, -0.05) is 35.5 Å². The summed E-state index contributed by atoms with van der Waals surface area (Å²) in [5, 5.41) is 15.8. The first-order valence-corrected chi connectivity index (χ1v) is 5.08. The standard InChI is InChI=1S/C10H12N6O/c11-9(7-4-2-1-3-5-7)10(17)12-6-8-13-15-16-14-8/h1-5,9H,6,11H2,(H,12,17)(H,13,14,15,16)/t9-/m0/s1. The Hall–Kier alpha value is -2.28. The van der Waals surface area contributed by atoms with E-state index < -0.39 is 6.04 Å². The summed E-state index contributed by atoms with van der Waals surface area (Å²) in [6, 6.07) is 8.46. The summed E-state index contributed by atoms with van der Waals surface area (Å²) in [6.07, 6.45) is 0. The summed E-state index contributed by atoms with van der Waals surface area (Å²) in [5.74, 6) is 0.139. The van der Waals surface area contributed by atoms with Gasteiger partial charge in [0.15, 0.2) is 5.82 Å². The number of nitrogens with one attached hydrogen (secondary N) is 2. The summed E-state index contributed by atoms with van der Waals surface area (Å²) in [6.45, 7) is 0.204. The van der Waals surface area contributed by atoms with Crippen molar-refractivity contribution in [1.29, 1.82) is 0 Å². The second-order valence-electron chi connectivity index (χ2n) is 3.43. The van der Waals surface area contributed by atoms with Gasteiger partial charge >= 0.3 is 0 Å². The van der Waals surface area contributed by atoms with Crippen LogP contribution in [0.4, 0.5) is 0 Å². The molecule has 0 fully saturated rings. The van der Waals surface area contributed by atoms with E-state index in [0.29, 0.717) is 5.82 Å². The number of aromatic nitrogens is 4. The molecule has 17 heavy (non-hydrogen) atoms. The number of tetrazole rings is 1. The van der Waals surface area contributed by atoms with Gasteiger partial charge in [-0.3, -0.25) is 4.79 Å². The van der Waals surface area contributed by atoms with E-state index in [9.17, 15) is 4.79 Å². The third kappa shape index (κ3) is 2.85. The molecule has 0 radical (unpaired) electrons. The van der Waals surface area contributed by atoms with E-state index in [1.165, 1.54) is 0 Å². The van der Waals surface area contributed by atoms with Crippen LogP contribution in [0.25, 0.3) is 0 Å². The van der Waals surface area contributed by atoms with Crippen LogP contribution in [0.2, 0.25) is 0 Å². The van der Waals surface area contributed by atoms with Crippen LogP contribution in [0.15, 0.2) is 30.3 Å². The largest absolute Gasteiger partial charge is 0.347 e. The highest BCUT2D eigenvalue weighted by Gasteiger charge is 2.15. The minimum Gasteiger partial charge on any atom is -0.347 e. The molecule has 0 bridgehead atoms. The number of benzene rings is 1. The number of carbonyl (C=O) groups excluding carboxylic acids is 1. The molecule has 0 aliphatic heterocycles. The van der Waals surface area contributed by atoms with Gasteiger partial charge in [0.2, 0.25) is 5.91 Å². The van der Waals surface area contributed by atoms with Crippen molar-refractivity contribution in [3.63, 3.8) is 0 Å². The summed E-state index contributed by atoms with van der Waals surface area (Å²) in [7, 11) is 0. The number of H-pyrrole nitrogens is 1. The number of amides is 1. The van der Waals surface area contributed by atoms with E-state index in [2.05, 4.69) is 25.9 Å². The maximum Gasteiger partial charge on any atom is 0.241 e. The predicted octanol–water partition coefficient (Wildman–Crippen LogP) is -0.484. The minimum absolute atomic E-state index is 0.204. The molecule has 0 unspecified atom stereocenters. The Labute approximate surface area is 97.4 Å². The number of carbonyl (C=O) groups is 1. The summed E-state index contributed by atoms with van der Waals surface area (Å²) >= 11 is 0. The fourth-order valence-electron chi connectivity index (χ4n) is 1.35. The Balaban J connectivity index is 1.92. The lowest BCUT2D eigenvalue weighted by molar-refractivity contribution is -0.122. The van der Waals surface area contributed by atoms with Crippen LogP contribution >= 0.6 is 0 Å². The smallest absolute Gasteiger partial charge is 0.241 e. The number of nitrogens with zero attached hydrogens (tertiary/aromatic N) is 3. The minimum atomic E-state index is -0.692. The van der Waals surface area contributed by atoms with E-state index in [1.807, 2.05) is 18.2 Å². The second-order valence-corrected chi connectivity index (χ2v) is 3.43. The molecular formula is C10H12N6O. The topological polar surface area (TPSA) is 110 Å². The molecule has 0 aliphatic carbocycles. The molecule has 1 atom stereocenters. The molecule has 0 saturated heterocycles. The lowest BCUT2D eigenvalue weighted by Gasteiger charge is -2.11. The molecule has 7 heteroatoms. The first-order valence-electron chi connectivity index (χ1n) is 5.08. The van der Waals surface area contributed by atoms with Crippen LogP contribution in [-0.2, 0) is 11.3 Å². The van der Waals surface area contributed by atoms with E-state index in [4.69, 9.17) is 5.73 Å². The van der Waals surface area contributed by atoms with Crippen molar-refractivity contribution in [2.45, 2.75) is 12.6 Å². The molecule has 4 N–H and O–H groups in total. The van der Waals surface area contributed by atoms with Gasteiger partial charge in [0.25, 0.3) is 0 Å². The molecule has 0 saturated carbocycles. The van der Waals surface area contributed by atoms with Crippen molar-refractivity contribution in [3.05, 3.63) is 41.7 Å². The first kappa shape index (κ1) is 11.2. The number of rotatable bonds is 4. The van der Waals surface area contributed by atoms with Gasteiger partial charge in [0.1, 0.15) is 6.04 Å². The summed E-state index contributed by atoms with van der Waals surface area (Å²) in [5.41, 5.74) is 6.56.